The van der Waals surface area contributed by atoms with Gasteiger partial charge in [-0.3, -0.25) is 0 Å². The molecule has 0 unspecified atom stereocenters. The third kappa shape index (κ3) is 2.31. The van der Waals surface area contributed by atoms with Gasteiger partial charge in [-0.25, -0.2) is 0 Å². The predicted octanol–water partition coefficient (Wildman–Crippen LogP) is 4.12. The van der Waals surface area contributed by atoms with E-state index in [1.54, 1.807) is 0 Å². The van der Waals surface area contributed by atoms with E-state index in [2.05, 4.69) is 61.6 Å². The molecule has 1 nitrogen and oxygen atoms in total. The second-order valence-corrected chi connectivity index (χ2v) is 5.61. The van der Waals surface area contributed by atoms with E-state index in [0.29, 0.717) is 5.92 Å². The lowest BCUT2D eigenvalue weighted by molar-refractivity contribution is 0.645. The Morgan fingerprint density at radius 3 is 2.58 bits per heavy atom. The van der Waals surface area contributed by atoms with Gasteiger partial charge in [0.1, 0.15) is 0 Å². The first-order chi connectivity index (χ1) is 9.27. The van der Waals surface area contributed by atoms with E-state index in [0.717, 1.165) is 19.5 Å². The molecule has 2 aromatic carbocycles. The third-order valence-corrected chi connectivity index (χ3v) is 4.02. The fourth-order valence-electron chi connectivity index (χ4n) is 3.01. The molecule has 1 heteroatoms. The number of nitrogens with one attached hydrogen (secondary N) is 1. The molecule has 98 valence electrons. The van der Waals surface area contributed by atoms with E-state index in [1.165, 1.54) is 27.8 Å². The summed E-state index contributed by atoms with van der Waals surface area (Å²) < 4.78 is 0. The molecule has 1 aliphatic rings. The van der Waals surface area contributed by atoms with Gasteiger partial charge in [0.25, 0.3) is 0 Å². The fraction of sp³-hybridized carbons (Fsp3) is 0.333. The molecule has 1 heterocycles. The van der Waals surface area contributed by atoms with Crippen LogP contribution in [0.4, 0.5) is 0 Å². The third-order valence-electron chi connectivity index (χ3n) is 4.02. The molecule has 0 atom stereocenters. The zero-order valence-electron chi connectivity index (χ0n) is 11.7. The Balaban J connectivity index is 2.17. The van der Waals surface area contributed by atoms with Gasteiger partial charge in [0.05, 0.1) is 0 Å². The molecular weight excluding hydrogens is 230 g/mol. The molecule has 0 aromatic heterocycles. The van der Waals surface area contributed by atoms with Gasteiger partial charge in [-0.05, 0) is 46.7 Å². The van der Waals surface area contributed by atoms with Crippen LogP contribution in [-0.4, -0.2) is 6.54 Å². The average molecular weight is 251 g/mol. The Morgan fingerprint density at radius 1 is 0.947 bits per heavy atom. The first-order valence-corrected chi connectivity index (χ1v) is 7.18. The SMILES string of the molecule is CC(C)c1ccccc1-c1cccc2c1CNCC2. The summed E-state index contributed by atoms with van der Waals surface area (Å²) in [6, 6.07) is 15.6. The van der Waals surface area contributed by atoms with E-state index in [9.17, 15) is 0 Å². The molecule has 0 amide bonds. The first-order valence-electron chi connectivity index (χ1n) is 7.18. The Kier molecular flexibility index (Phi) is 3.39. The summed E-state index contributed by atoms with van der Waals surface area (Å²) in [5, 5.41) is 3.50. The predicted molar refractivity (Wildman–Crippen MR) is 81.4 cm³/mol. The van der Waals surface area contributed by atoms with Crippen LogP contribution in [0.5, 0.6) is 0 Å². The molecule has 0 saturated heterocycles. The number of benzene rings is 2. The Morgan fingerprint density at radius 2 is 1.74 bits per heavy atom. The molecule has 2 aromatic rings. The van der Waals surface area contributed by atoms with Crippen molar-refractivity contribution in [2.24, 2.45) is 0 Å². The summed E-state index contributed by atoms with van der Waals surface area (Å²) in [6.45, 7) is 6.64. The summed E-state index contributed by atoms with van der Waals surface area (Å²) in [7, 11) is 0. The highest BCUT2D eigenvalue weighted by Crippen LogP contribution is 2.33. The summed E-state index contributed by atoms with van der Waals surface area (Å²) in [6.07, 6.45) is 1.15. The van der Waals surface area contributed by atoms with Crippen LogP contribution in [0, 0.1) is 0 Å². The number of hydrogen-bond donors (Lipinski definition) is 1. The van der Waals surface area contributed by atoms with Crippen LogP contribution in [0.3, 0.4) is 0 Å². The maximum atomic E-state index is 3.50. The molecular formula is C18H21N. The second-order valence-electron chi connectivity index (χ2n) is 5.61. The van der Waals surface area contributed by atoms with Crippen molar-refractivity contribution in [2.75, 3.05) is 6.54 Å². The molecule has 3 rings (SSSR count). The first kappa shape index (κ1) is 12.4. The van der Waals surface area contributed by atoms with Crippen LogP contribution in [0.2, 0.25) is 0 Å². The van der Waals surface area contributed by atoms with Crippen LogP contribution in [0.1, 0.15) is 36.5 Å². The summed E-state index contributed by atoms with van der Waals surface area (Å²) in [5.74, 6) is 0.559. The lowest BCUT2D eigenvalue weighted by Crippen LogP contribution is -2.24. The molecule has 1 N–H and O–H groups in total. The minimum absolute atomic E-state index is 0.559. The molecule has 0 aliphatic carbocycles. The molecule has 0 fully saturated rings. The van der Waals surface area contributed by atoms with Crippen molar-refractivity contribution in [2.45, 2.75) is 32.7 Å². The molecule has 0 bridgehead atoms. The average Bonchev–Trinajstić information content (AvgIpc) is 2.46. The number of hydrogen-bond acceptors (Lipinski definition) is 1. The summed E-state index contributed by atoms with van der Waals surface area (Å²) in [5.41, 5.74) is 7.25. The zero-order chi connectivity index (χ0) is 13.2. The van der Waals surface area contributed by atoms with Gasteiger partial charge in [-0.1, -0.05) is 56.3 Å². The van der Waals surface area contributed by atoms with Crippen LogP contribution < -0.4 is 5.32 Å². The van der Waals surface area contributed by atoms with Crippen LogP contribution in [0.15, 0.2) is 42.5 Å². The van der Waals surface area contributed by atoms with Gasteiger partial charge >= 0.3 is 0 Å². The van der Waals surface area contributed by atoms with Gasteiger partial charge in [0, 0.05) is 6.54 Å². The largest absolute Gasteiger partial charge is 0.312 e. The van der Waals surface area contributed by atoms with Crippen LogP contribution in [-0.2, 0) is 13.0 Å². The highest BCUT2D eigenvalue weighted by Gasteiger charge is 2.16. The van der Waals surface area contributed by atoms with Crippen molar-refractivity contribution in [3.8, 4) is 11.1 Å². The Bertz CT molecular complexity index is 584. The lowest BCUT2D eigenvalue weighted by atomic mass is 9.87. The monoisotopic (exact) mass is 251 g/mol. The van der Waals surface area contributed by atoms with E-state index in [1.807, 2.05) is 0 Å². The molecule has 19 heavy (non-hydrogen) atoms. The smallest absolute Gasteiger partial charge is 0.0214 e. The lowest BCUT2D eigenvalue weighted by Gasteiger charge is -2.22. The number of fused-ring (bicyclic) bond motifs is 1. The maximum absolute atomic E-state index is 3.50. The van der Waals surface area contributed by atoms with Gasteiger partial charge < -0.3 is 5.32 Å². The molecule has 1 aliphatic heterocycles. The highest BCUT2D eigenvalue weighted by molar-refractivity contribution is 5.72. The molecule has 0 spiro atoms. The van der Waals surface area contributed by atoms with Crippen molar-refractivity contribution in [1.29, 1.82) is 0 Å². The Hall–Kier alpha value is -1.60. The van der Waals surface area contributed by atoms with E-state index < -0.39 is 0 Å². The normalized spacial score (nSPS) is 14.5. The van der Waals surface area contributed by atoms with Crippen molar-refractivity contribution in [1.82, 2.24) is 5.32 Å². The fourth-order valence-corrected chi connectivity index (χ4v) is 3.01. The highest BCUT2D eigenvalue weighted by atomic mass is 14.9. The molecule has 0 radical (unpaired) electrons. The van der Waals surface area contributed by atoms with Gasteiger partial charge in [0.15, 0.2) is 0 Å². The van der Waals surface area contributed by atoms with Gasteiger partial charge in [-0.15, -0.1) is 0 Å². The van der Waals surface area contributed by atoms with Crippen molar-refractivity contribution in [3.63, 3.8) is 0 Å². The quantitative estimate of drug-likeness (QED) is 0.846. The zero-order valence-corrected chi connectivity index (χ0v) is 11.7. The van der Waals surface area contributed by atoms with Crippen LogP contribution in [0.25, 0.3) is 11.1 Å². The standard InChI is InChI=1S/C18H21N/c1-13(2)15-7-3-4-8-16(15)17-9-5-6-14-10-11-19-12-18(14)17/h3-9,13,19H,10-12H2,1-2H3. The second kappa shape index (κ2) is 5.18. The van der Waals surface area contributed by atoms with Gasteiger partial charge in [-0.2, -0.15) is 0 Å². The minimum Gasteiger partial charge on any atom is -0.312 e. The van der Waals surface area contributed by atoms with Crippen molar-refractivity contribution in [3.05, 3.63) is 59.2 Å². The topological polar surface area (TPSA) is 12.0 Å². The maximum Gasteiger partial charge on any atom is 0.0214 e. The molecule has 0 saturated carbocycles. The van der Waals surface area contributed by atoms with Crippen molar-refractivity contribution >= 4 is 0 Å². The minimum atomic E-state index is 0.559. The van der Waals surface area contributed by atoms with Gasteiger partial charge in [0.2, 0.25) is 0 Å². The summed E-state index contributed by atoms with van der Waals surface area (Å²) in [4.78, 5) is 0. The van der Waals surface area contributed by atoms with Crippen LogP contribution >= 0.6 is 0 Å². The number of rotatable bonds is 2. The Labute approximate surface area is 115 Å². The van der Waals surface area contributed by atoms with E-state index in [4.69, 9.17) is 0 Å². The van der Waals surface area contributed by atoms with Crippen molar-refractivity contribution < 1.29 is 0 Å². The van der Waals surface area contributed by atoms with E-state index in [-0.39, 0.29) is 0 Å². The van der Waals surface area contributed by atoms with E-state index >= 15 is 0 Å². The summed E-state index contributed by atoms with van der Waals surface area (Å²) >= 11 is 0.